The van der Waals surface area contributed by atoms with Crippen LogP contribution in [0.15, 0.2) is 16.8 Å². The molecule has 1 aliphatic heterocycles. The van der Waals surface area contributed by atoms with E-state index < -0.39 is 0 Å². The van der Waals surface area contributed by atoms with Gasteiger partial charge in [0, 0.05) is 13.7 Å². The van der Waals surface area contributed by atoms with Crippen LogP contribution in [0.1, 0.15) is 10.9 Å². The lowest BCUT2D eigenvalue weighted by atomic mass is 10.3. The Hall–Kier alpha value is -0.520. The summed E-state index contributed by atoms with van der Waals surface area (Å²) >= 11 is 3.37. The number of methoxy groups -OCH3 is 1. The molecule has 1 aliphatic rings. The number of amides is 1. The first-order valence-corrected chi connectivity index (χ1v) is 6.74. The highest BCUT2D eigenvalue weighted by Crippen LogP contribution is 2.38. The van der Waals surface area contributed by atoms with Gasteiger partial charge < -0.3 is 9.64 Å². The topological polar surface area (TPSA) is 29.5 Å². The highest BCUT2D eigenvalue weighted by molar-refractivity contribution is 8.00. The first kappa shape index (κ1) is 11.0. The molecule has 3 nitrogen and oxygen atoms in total. The average Bonchev–Trinajstić information content (AvgIpc) is 2.84. The zero-order valence-corrected chi connectivity index (χ0v) is 10.1. The molecular formula is C10H13NO2S2. The first-order valence-electron chi connectivity index (χ1n) is 4.75. The van der Waals surface area contributed by atoms with Crippen molar-refractivity contribution in [3.8, 4) is 0 Å². The second-order valence-electron chi connectivity index (χ2n) is 3.30. The number of hydrogen-bond donors (Lipinski definition) is 0. The first-order chi connectivity index (χ1) is 7.33. The van der Waals surface area contributed by atoms with Gasteiger partial charge in [-0.3, -0.25) is 4.79 Å². The number of thiophene rings is 1. The van der Waals surface area contributed by atoms with Crippen molar-refractivity contribution in [2.45, 2.75) is 5.37 Å². The molecule has 0 aromatic carbocycles. The second kappa shape index (κ2) is 5.01. The molecule has 2 heterocycles. The zero-order chi connectivity index (χ0) is 10.7. The number of carbonyl (C=O) groups is 1. The number of ether oxygens (including phenoxy) is 1. The van der Waals surface area contributed by atoms with Crippen molar-refractivity contribution in [3.05, 3.63) is 22.4 Å². The normalized spacial score (nSPS) is 21.3. The van der Waals surface area contributed by atoms with E-state index in [4.69, 9.17) is 4.74 Å². The summed E-state index contributed by atoms with van der Waals surface area (Å²) in [5.74, 6) is 0.803. The van der Waals surface area contributed by atoms with Gasteiger partial charge in [0.1, 0.15) is 5.37 Å². The Kier molecular flexibility index (Phi) is 3.66. The largest absolute Gasteiger partial charge is 0.383 e. The van der Waals surface area contributed by atoms with Gasteiger partial charge in [-0.1, -0.05) is 0 Å². The van der Waals surface area contributed by atoms with Crippen LogP contribution in [0, 0.1) is 0 Å². The molecule has 82 valence electrons. The third-order valence-corrected chi connectivity index (χ3v) is 4.29. The third-order valence-electron chi connectivity index (χ3n) is 2.33. The fourth-order valence-corrected chi connectivity index (χ4v) is 3.55. The highest BCUT2D eigenvalue weighted by Gasteiger charge is 2.32. The van der Waals surface area contributed by atoms with E-state index in [1.165, 1.54) is 5.56 Å². The molecule has 1 amide bonds. The summed E-state index contributed by atoms with van der Waals surface area (Å²) in [6.45, 7) is 1.29. The fraction of sp³-hybridized carbons (Fsp3) is 0.500. The molecule has 1 aromatic heterocycles. The van der Waals surface area contributed by atoms with E-state index in [0.717, 1.165) is 0 Å². The molecule has 0 spiro atoms. The molecular weight excluding hydrogens is 230 g/mol. The Morgan fingerprint density at radius 3 is 3.20 bits per heavy atom. The van der Waals surface area contributed by atoms with Gasteiger partial charge in [-0.2, -0.15) is 11.3 Å². The summed E-state index contributed by atoms with van der Waals surface area (Å²) < 4.78 is 5.02. The van der Waals surface area contributed by atoms with E-state index in [1.54, 1.807) is 30.2 Å². The van der Waals surface area contributed by atoms with E-state index in [-0.39, 0.29) is 11.3 Å². The van der Waals surface area contributed by atoms with Gasteiger partial charge in [-0.15, -0.1) is 11.8 Å². The Morgan fingerprint density at radius 2 is 2.53 bits per heavy atom. The second-order valence-corrected chi connectivity index (χ2v) is 5.15. The highest BCUT2D eigenvalue weighted by atomic mass is 32.2. The quantitative estimate of drug-likeness (QED) is 0.809. The molecule has 0 saturated carbocycles. The zero-order valence-electron chi connectivity index (χ0n) is 8.51. The monoisotopic (exact) mass is 243 g/mol. The maximum absolute atomic E-state index is 11.6. The molecule has 1 fully saturated rings. The van der Waals surface area contributed by atoms with Gasteiger partial charge in [-0.25, -0.2) is 0 Å². The van der Waals surface area contributed by atoms with Crippen LogP contribution in [0.25, 0.3) is 0 Å². The Labute approximate surface area is 97.4 Å². The van der Waals surface area contributed by atoms with Crippen molar-refractivity contribution in [1.29, 1.82) is 0 Å². The Balaban J connectivity index is 2.07. The van der Waals surface area contributed by atoms with Crippen molar-refractivity contribution < 1.29 is 9.53 Å². The molecule has 1 saturated heterocycles. The minimum Gasteiger partial charge on any atom is -0.383 e. The van der Waals surface area contributed by atoms with Crippen LogP contribution >= 0.6 is 23.1 Å². The summed E-state index contributed by atoms with van der Waals surface area (Å²) in [7, 11) is 1.66. The summed E-state index contributed by atoms with van der Waals surface area (Å²) in [6, 6.07) is 2.08. The van der Waals surface area contributed by atoms with Crippen molar-refractivity contribution in [2.24, 2.45) is 0 Å². The number of thioether (sulfide) groups is 1. The van der Waals surface area contributed by atoms with Gasteiger partial charge in [0.15, 0.2) is 0 Å². The van der Waals surface area contributed by atoms with E-state index in [9.17, 15) is 4.79 Å². The minimum atomic E-state index is 0.193. The van der Waals surface area contributed by atoms with Crippen LogP contribution in [-0.4, -0.2) is 36.8 Å². The van der Waals surface area contributed by atoms with Gasteiger partial charge in [0.25, 0.3) is 0 Å². The van der Waals surface area contributed by atoms with Gasteiger partial charge in [0.05, 0.1) is 12.4 Å². The lowest BCUT2D eigenvalue weighted by Gasteiger charge is -2.22. The maximum Gasteiger partial charge on any atom is 0.233 e. The van der Waals surface area contributed by atoms with E-state index in [2.05, 4.69) is 11.4 Å². The molecule has 1 atom stereocenters. The van der Waals surface area contributed by atoms with E-state index in [1.807, 2.05) is 10.3 Å². The lowest BCUT2D eigenvalue weighted by molar-refractivity contribution is -0.128. The van der Waals surface area contributed by atoms with Crippen LogP contribution in [0.4, 0.5) is 0 Å². The van der Waals surface area contributed by atoms with E-state index in [0.29, 0.717) is 18.9 Å². The van der Waals surface area contributed by atoms with Crippen LogP contribution in [0.3, 0.4) is 0 Å². The number of rotatable bonds is 4. The molecule has 2 rings (SSSR count). The smallest absolute Gasteiger partial charge is 0.233 e. The third kappa shape index (κ3) is 2.35. The van der Waals surface area contributed by atoms with Crippen molar-refractivity contribution in [3.63, 3.8) is 0 Å². The van der Waals surface area contributed by atoms with Gasteiger partial charge in [0.2, 0.25) is 5.91 Å². The number of hydrogen-bond acceptors (Lipinski definition) is 4. The van der Waals surface area contributed by atoms with Crippen LogP contribution in [0.5, 0.6) is 0 Å². The molecule has 0 bridgehead atoms. The summed E-state index contributed by atoms with van der Waals surface area (Å²) in [5.41, 5.74) is 1.23. The molecule has 0 aliphatic carbocycles. The Bertz CT molecular complexity index is 326. The van der Waals surface area contributed by atoms with Crippen LogP contribution < -0.4 is 0 Å². The summed E-state index contributed by atoms with van der Waals surface area (Å²) in [4.78, 5) is 13.5. The van der Waals surface area contributed by atoms with Gasteiger partial charge in [-0.05, 0) is 22.4 Å². The molecule has 1 unspecified atom stereocenters. The molecule has 0 radical (unpaired) electrons. The molecule has 5 heteroatoms. The van der Waals surface area contributed by atoms with Crippen molar-refractivity contribution in [2.75, 3.05) is 26.0 Å². The number of carbonyl (C=O) groups excluding carboxylic acids is 1. The molecule has 15 heavy (non-hydrogen) atoms. The lowest BCUT2D eigenvalue weighted by Crippen LogP contribution is -2.31. The SMILES string of the molecule is COCCN1C(=O)CSC1c1ccsc1. The summed E-state index contributed by atoms with van der Waals surface area (Å²) in [6.07, 6.45) is 0. The molecule has 0 N–H and O–H groups in total. The van der Waals surface area contributed by atoms with Gasteiger partial charge >= 0.3 is 0 Å². The number of nitrogens with zero attached hydrogens (tertiary/aromatic N) is 1. The maximum atomic E-state index is 11.6. The van der Waals surface area contributed by atoms with E-state index >= 15 is 0 Å². The average molecular weight is 243 g/mol. The Morgan fingerprint density at radius 1 is 1.67 bits per heavy atom. The fourth-order valence-electron chi connectivity index (χ4n) is 1.58. The summed E-state index contributed by atoms with van der Waals surface area (Å²) in [5, 5.41) is 4.35. The predicted molar refractivity (Wildman–Crippen MR) is 63.1 cm³/mol. The van der Waals surface area contributed by atoms with Crippen molar-refractivity contribution >= 4 is 29.0 Å². The standard InChI is InChI=1S/C10H13NO2S2/c1-13-4-3-11-9(12)7-15-10(11)8-2-5-14-6-8/h2,5-6,10H,3-4,7H2,1H3. The predicted octanol–water partition coefficient (Wildman–Crippen LogP) is 1.97. The van der Waals surface area contributed by atoms with Crippen LogP contribution in [-0.2, 0) is 9.53 Å². The van der Waals surface area contributed by atoms with Crippen molar-refractivity contribution in [1.82, 2.24) is 4.90 Å². The van der Waals surface area contributed by atoms with Crippen LogP contribution in [0.2, 0.25) is 0 Å². The minimum absolute atomic E-state index is 0.193. The molecule has 1 aromatic rings.